The highest BCUT2D eigenvalue weighted by Crippen LogP contribution is 2.38. The van der Waals surface area contributed by atoms with Crippen molar-refractivity contribution in [2.45, 2.75) is 39.2 Å². The van der Waals surface area contributed by atoms with Crippen LogP contribution in [0.1, 0.15) is 48.9 Å². The maximum Gasteiger partial charge on any atom is 0.0548 e. The fourth-order valence-corrected chi connectivity index (χ4v) is 2.97. The van der Waals surface area contributed by atoms with Crippen LogP contribution in [0.15, 0.2) is 48.8 Å². The third kappa shape index (κ3) is 3.49. The van der Waals surface area contributed by atoms with Crippen LogP contribution in [-0.4, -0.2) is 4.98 Å². The molecule has 1 aromatic carbocycles. The summed E-state index contributed by atoms with van der Waals surface area (Å²) in [6.07, 6.45) is 4.86. The molecule has 0 aliphatic rings. The second-order valence-electron chi connectivity index (χ2n) is 5.70. The van der Waals surface area contributed by atoms with Gasteiger partial charge in [0.05, 0.1) is 6.04 Å². The molecule has 112 valence electrons. The first kappa shape index (κ1) is 15.7. The number of benzene rings is 1. The van der Waals surface area contributed by atoms with Gasteiger partial charge in [0, 0.05) is 18.3 Å². The summed E-state index contributed by atoms with van der Waals surface area (Å²) in [7, 11) is 0. The van der Waals surface area contributed by atoms with Gasteiger partial charge in [-0.05, 0) is 35.6 Å². The molecule has 2 aromatic rings. The predicted molar refractivity (Wildman–Crippen MR) is 87.7 cm³/mol. The first-order chi connectivity index (χ1) is 10.2. The van der Waals surface area contributed by atoms with Crippen LogP contribution < -0.4 is 11.3 Å². The lowest BCUT2D eigenvalue weighted by Gasteiger charge is -2.32. The number of rotatable bonds is 6. The quantitative estimate of drug-likeness (QED) is 0.627. The molecule has 1 heterocycles. The number of aromatic nitrogens is 1. The fraction of sp³-hybridized carbons (Fsp3) is 0.389. The molecule has 0 radical (unpaired) electrons. The third-order valence-corrected chi connectivity index (χ3v) is 4.39. The van der Waals surface area contributed by atoms with E-state index in [4.69, 9.17) is 5.84 Å². The summed E-state index contributed by atoms with van der Waals surface area (Å²) < 4.78 is 0. The van der Waals surface area contributed by atoms with E-state index in [-0.39, 0.29) is 6.04 Å². The number of hydrazine groups is 1. The van der Waals surface area contributed by atoms with Gasteiger partial charge in [-0.1, -0.05) is 50.6 Å². The van der Waals surface area contributed by atoms with E-state index in [0.29, 0.717) is 11.8 Å². The molecule has 3 heteroatoms. The highest BCUT2D eigenvalue weighted by Gasteiger charge is 2.29. The standard InChI is InChI=1S/C18H25N3/c1-4-13(2)17(15-8-6-5-7-9-15)18(21-19)16-12-20-11-10-14(16)3/h5-13,17-18,21H,4,19H2,1-3H3. The second kappa shape index (κ2) is 7.34. The number of nitrogens with two attached hydrogens (primary N) is 1. The zero-order chi connectivity index (χ0) is 15.2. The van der Waals surface area contributed by atoms with Gasteiger partial charge in [-0.3, -0.25) is 16.3 Å². The smallest absolute Gasteiger partial charge is 0.0548 e. The minimum atomic E-state index is 0.0658. The maximum atomic E-state index is 5.93. The summed E-state index contributed by atoms with van der Waals surface area (Å²) in [6.45, 7) is 6.62. The van der Waals surface area contributed by atoms with Gasteiger partial charge >= 0.3 is 0 Å². The van der Waals surface area contributed by atoms with E-state index < -0.39 is 0 Å². The minimum absolute atomic E-state index is 0.0658. The zero-order valence-electron chi connectivity index (χ0n) is 13.1. The molecule has 3 unspecified atom stereocenters. The fourth-order valence-electron chi connectivity index (χ4n) is 2.97. The van der Waals surface area contributed by atoms with E-state index in [2.05, 4.69) is 61.5 Å². The Labute approximate surface area is 127 Å². The summed E-state index contributed by atoms with van der Waals surface area (Å²) in [5.41, 5.74) is 6.75. The number of hydrogen-bond acceptors (Lipinski definition) is 3. The van der Waals surface area contributed by atoms with Gasteiger partial charge in [0.15, 0.2) is 0 Å². The molecule has 2 rings (SSSR count). The molecule has 21 heavy (non-hydrogen) atoms. The Bertz CT molecular complexity index is 553. The van der Waals surface area contributed by atoms with Crippen molar-refractivity contribution in [3.05, 3.63) is 65.5 Å². The SMILES string of the molecule is CCC(C)C(c1ccccc1)C(NN)c1cnccc1C. The Balaban J connectivity index is 2.46. The van der Waals surface area contributed by atoms with Crippen LogP contribution >= 0.6 is 0 Å². The van der Waals surface area contributed by atoms with Crippen LogP contribution in [-0.2, 0) is 0 Å². The van der Waals surface area contributed by atoms with Crippen molar-refractivity contribution >= 4 is 0 Å². The van der Waals surface area contributed by atoms with Gasteiger partial charge < -0.3 is 0 Å². The van der Waals surface area contributed by atoms with Gasteiger partial charge in [0.2, 0.25) is 0 Å². The Kier molecular flexibility index (Phi) is 5.48. The highest BCUT2D eigenvalue weighted by atomic mass is 15.2. The van der Waals surface area contributed by atoms with Gasteiger partial charge in [-0.15, -0.1) is 0 Å². The minimum Gasteiger partial charge on any atom is -0.271 e. The average Bonchev–Trinajstić information content (AvgIpc) is 2.53. The predicted octanol–water partition coefficient (Wildman–Crippen LogP) is 3.72. The molecule has 0 saturated heterocycles. The molecule has 0 amide bonds. The summed E-state index contributed by atoms with van der Waals surface area (Å²) >= 11 is 0. The van der Waals surface area contributed by atoms with Crippen LogP contribution in [0.2, 0.25) is 0 Å². The number of nitrogens with zero attached hydrogens (tertiary/aromatic N) is 1. The first-order valence-corrected chi connectivity index (χ1v) is 7.60. The van der Waals surface area contributed by atoms with Crippen LogP contribution in [0.5, 0.6) is 0 Å². The van der Waals surface area contributed by atoms with Gasteiger partial charge in [0.1, 0.15) is 0 Å². The van der Waals surface area contributed by atoms with Crippen molar-refractivity contribution in [2.75, 3.05) is 0 Å². The monoisotopic (exact) mass is 283 g/mol. The molecule has 3 atom stereocenters. The van der Waals surface area contributed by atoms with E-state index in [1.54, 1.807) is 0 Å². The van der Waals surface area contributed by atoms with Gasteiger partial charge in [0.25, 0.3) is 0 Å². The van der Waals surface area contributed by atoms with Crippen molar-refractivity contribution < 1.29 is 0 Å². The van der Waals surface area contributed by atoms with Crippen molar-refractivity contribution in [3.63, 3.8) is 0 Å². The number of aryl methyl sites for hydroxylation is 1. The molecular weight excluding hydrogens is 258 g/mol. The van der Waals surface area contributed by atoms with Crippen LogP contribution in [0, 0.1) is 12.8 Å². The topological polar surface area (TPSA) is 50.9 Å². The Morgan fingerprint density at radius 3 is 2.48 bits per heavy atom. The van der Waals surface area contributed by atoms with Crippen molar-refractivity contribution in [1.29, 1.82) is 0 Å². The Hall–Kier alpha value is -1.71. The van der Waals surface area contributed by atoms with E-state index in [1.807, 2.05) is 18.5 Å². The first-order valence-electron chi connectivity index (χ1n) is 7.60. The lowest BCUT2D eigenvalue weighted by molar-refractivity contribution is 0.342. The number of pyridine rings is 1. The lowest BCUT2D eigenvalue weighted by atomic mass is 9.77. The van der Waals surface area contributed by atoms with Crippen LogP contribution in [0.25, 0.3) is 0 Å². The largest absolute Gasteiger partial charge is 0.271 e. The molecular formula is C18H25N3. The Morgan fingerprint density at radius 1 is 1.19 bits per heavy atom. The molecule has 3 nitrogen and oxygen atoms in total. The zero-order valence-corrected chi connectivity index (χ0v) is 13.1. The molecule has 0 bridgehead atoms. The maximum absolute atomic E-state index is 5.93. The molecule has 0 saturated carbocycles. The third-order valence-electron chi connectivity index (χ3n) is 4.39. The average molecular weight is 283 g/mol. The molecule has 0 spiro atoms. The summed E-state index contributed by atoms with van der Waals surface area (Å²) in [5.74, 6) is 6.77. The summed E-state index contributed by atoms with van der Waals surface area (Å²) in [4.78, 5) is 4.28. The van der Waals surface area contributed by atoms with Gasteiger partial charge in [-0.25, -0.2) is 0 Å². The highest BCUT2D eigenvalue weighted by molar-refractivity contribution is 5.31. The number of nitrogens with one attached hydrogen (secondary N) is 1. The van der Waals surface area contributed by atoms with Crippen molar-refractivity contribution in [1.82, 2.24) is 10.4 Å². The van der Waals surface area contributed by atoms with E-state index in [0.717, 1.165) is 6.42 Å². The Morgan fingerprint density at radius 2 is 1.90 bits per heavy atom. The molecule has 0 fully saturated rings. The molecule has 3 N–H and O–H groups in total. The van der Waals surface area contributed by atoms with Gasteiger partial charge in [-0.2, -0.15) is 0 Å². The summed E-state index contributed by atoms with van der Waals surface area (Å²) in [6, 6.07) is 12.7. The number of hydrogen-bond donors (Lipinski definition) is 2. The molecule has 0 aliphatic carbocycles. The summed E-state index contributed by atoms with van der Waals surface area (Å²) in [5, 5.41) is 0. The second-order valence-corrected chi connectivity index (χ2v) is 5.70. The van der Waals surface area contributed by atoms with Crippen molar-refractivity contribution in [2.24, 2.45) is 11.8 Å². The van der Waals surface area contributed by atoms with E-state index in [9.17, 15) is 0 Å². The van der Waals surface area contributed by atoms with Crippen LogP contribution in [0.3, 0.4) is 0 Å². The molecule has 1 aromatic heterocycles. The molecule has 0 aliphatic heterocycles. The normalized spacial score (nSPS) is 15.4. The lowest BCUT2D eigenvalue weighted by Crippen LogP contribution is -2.35. The van der Waals surface area contributed by atoms with E-state index >= 15 is 0 Å². The van der Waals surface area contributed by atoms with Crippen molar-refractivity contribution in [3.8, 4) is 0 Å². The van der Waals surface area contributed by atoms with E-state index in [1.165, 1.54) is 16.7 Å². The van der Waals surface area contributed by atoms with Crippen LogP contribution in [0.4, 0.5) is 0 Å².